The number of ether oxygens (including phenoxy) is 1. The van der Waals surface area contributed by atoms with Gasteiger partial charge in [0.1, 0.15) is 5.75 Å². The van der Waals surface area contributed by atoms with Gasteiger partial charge in [-0.25, -0.2) is 0 Å². The van der Waals surface area contributed by atoms with Gasteiger partial charge < -0.3 is 15.0 Å². The number of nitrogens with one attached hydrogen (secondary N) is 1. The van der Waals surface area contributed by atoms with Crippen LogP contribution in [0, 0.1) is 13.8 Å². The second kappa shape index (κ2) is 6.73. The Labute approximate surface area is 137 Å². The van der Waals surface area contributed by atoms with Gasteiger partial charge in [-0.05, 0) is 55.7 Å². The van der Waals surface area contributed by atoms with Gasteiger partial charge in [0.25, 0.3) is 0 Å². The van der Waals surface area contributed by atoms with Crippen LogP contribution in [0.1, 0.15) is 17.5 Å². The summed E-state index contributed by atoms with van der Waals surface area (Å²) in [5, 5.41) is 3.18. The van der Waals surface area contributed by atoms with Gasteiger partial charge in [0.05, 0.1) is 24.5 Å². The minimum Gasteiger partial charge on any atom is -0.494 e. The minimum atomic E-state index is 0.108. The van der Waals surface area contributed by atoms with E-state index in [9.17, 15) is 4.79 Å². The first kappa shape index (κ1) is 15.4. The average molecular weight is 310 g/mol. The van der Waals surface area contributed by atoms with Crippen LogP contribution in [0.5, 0.6) is 5.75 Å². The number of nitrogens with zero attached hydrogens (tertiary/aromatic N) is 1. The van der Waals surface area contributed by atoms with Crippen molar-refractivity contribution in [1.29, 1.82) is 0 Å². The molecule has 4 nitrogen and oxygen atoms in total. The third-order valence-electron chi connectivity index (χ3n) is 3.96. The third-order valence-corrected chi connectivity index (χ3v) is 3.96. The molecule has 0 saturated carbocycles. The van der Waals surface area contributed by atoms with Gasteiger partial charge in [0, 0.05) is 6.54 Å². The second-order valence-electron chi connectivity index (χ2n) is 5.94. The van der Waals surface area contributed by atoms with E-state index in [1.165, 1.54) is 11.1 Å². The summed E-state index contributed by atoms with van der Waals surface area (Å²) < 4.78 is 5.77. The van der Waals surface area contributed by atoms with Crippen LogP contribution in [0.4, 0.5) is 11.4 Å². The quantitative estimate of drug-likeness (QED) is 0.859. The van der Waals surface area contributed by atoms with Crippen LogP contribution in [-0.2, 0) is 4.79 Å². The first-order chi connectivity index (χ1) is 11.1. The molecular weight excluding hydrogens is 288 g/mol. The number of rotatable bonds is 5. The van der Waals surface area contributed by atoms with Crippen molar-refractivity contribution < 1.29 is 9.53 Å². The first-order valence-electron chi connectivity index (χ1n) is 7.98. The molecule has 2 aromatic carbocycles. The van der Waals surface area contributed by atoms with Crippen LogP contribution in [0.15, 0.2) is 42.5 Å². The van der Waals surface area contributed by atoms with Gasteiger partial charge in [-0.3, -0.25) is 4.79 Å². The molecule has 0 saturated heterocycles. The van der Waals surface area contributed by atoms with Crippen LogP contribution >= 0.6 is 0 Å². The molecule has 0 spiro atoms. The van der Waals surface area contributed by atoms with E-state index < -0.39 is 0 Å². The Bertz CT molecular complexity index is 712. The summed E-state index contributed by atoms with van der Waals surface area (Å²) >= 11 is 0. The summed E-state index contributed by atoms with van der Waals surface area (Å²) in [5.74, 6) is 0.990. The average Bonchev–Trinajstić information content (AvgIpc) is 2.53. The van der Waals surface area contributed by atoms with E-state index in [0.717, 1.165) is 23.5 Å². The van der Waals surface area contributed by atoms with Gasteiger partial charge >= 0.3 is 0 Å². The van der Waals surface area contributed by atoms with Crippen molar-refractivity contribution >= 4 is 17.3 Å². The van der Waals surface area contributed by atoms with Crippen molar-refractivity contribution in [2.45, 2.75) is 20.3 Å². The number of carbonyl (C=O) groups excluding carboxylic acids is 1. The molecule has 0 aliphatic carbocycles. The van der Waals surface area contributed by atoms with Crippen LogP contribution in [0.2, 0.25) is 0 Å². The highest BCUT2D eigenvalue weighted by molar-refractivity contribution is 6.02. The normalized spacial score (nSPS) is 13.5. The zero-order valence-corrected chi connectivity index (χ0v) is 13.6. The van der Waals surface area contributed by atoms with Gasteiger partial charge in [-0.2, -0.15) is 0 Å². The van der Waals surface area contributed by atoms with Crippen molar-refractivity contribution in [3.8, 4) is 5.75 Å². The molecule has 0 fully saturated rings. The van der Waals surface area contributed by atoms with Crippen LogP contribution in [0.25, 0.3) is 0 Å². The predicted octanol–water partition coefficient (Wildman–Crippen LogP) is 3.53. The zero-order valence-electron chi connectivity index (χ0n) is 13.6. The Hall–Kier alpha value is -2.49. The molecule has 1 amide bonds. The second-order valence-corrected chi connectivity index (χ2v) is 5.94. The fourth-order valence-corrected chi connectivity index (χ4v) is 2.79. The van der Waals surface area contributed by atoms with Crippen molar-refractivity contribution in [2.75, 3.05) is 29.9 Å². The topological polar surface area (TPSA) is 41.6 Å². The molecule has 0 aromatic heterocycles. The summed E-state index contributed by atoms with van der Waals surface area (Å²) in [4.78, 5) is 14.0. The molecule has 4 heteroatoms. The molecule has 0 unspecified atom stereocenters. The lowest BCUT2D eigenvalue weighted by Gasteiger charge is -2.30. The Morgan fingerprint density at radius 3 is 2.78 bits per heavy atom. The Balaban J connectivity index is 1.59. The monoisotopic (exact) mass is 310 g/mol. The largest absolute Gasteiger partial charge is 0.494 e. The summed E-state index contributed by atoms with van der Waals surface area (Å²) in [5.41, 5.74) is 4.36. The first-order valence-corrected chi connectivity index (χ1v) is 7.98. The van der Waals surface area contributed by atoms with E-state index in [4.69, 9.17) is 4.74 Å². The van der Waals surface area contributed by atoms with Crippen LogP contribution < -0.4 is 15.0 Å². The van der Waals surface area contributed by atoms with E-state index in [2.05, 4.69) is 18.3 Å². The molecule has 120 valence electrons. The zero-order chi connectivity index (χ0) is 16.2. The summed E-state index contributed by atoms with van der Waals surface area (Å²) in [6.07, 6.45) is 0.799. The van der Waals surface area contributed by atoms with Gasteiger partial charge in [-0.1, -0.05) is 18.2 Å². The van der Waals surface area contributed by atoms with Gasteiger partial charge in [-0.15, -0.1) is 0 Å². The molecule has 1 N–H and O–H groups in total. The van der Waals surface area contributed by atoms with Crippen molar-refractivity contribution in [3.05, 3.63) is 53.6 Å². The molecule has 0 atom stereocenters. The number of hydrogen-bond acceptors (Lipinski definition) is 3. The molecule has 1 aliphatic rings. The lowest BCUT2D eigenvalue weighted by molar-refractivity contribution is -0.117. The fourth-order valence-electron chi connectivity index (χ4n) is 2.79. The maximum Gasteiger partial charge on any atom is 0.246 e. The van der Waals surface area contributed by atoms with Crippen molar-refractivity contribution in [1.82, 2.24) is 0 Å². The number of aryl methyl sites for hydroxylation is 2. The highest BCUT2D eigenvalue weighted by Crippen LogP contribution is 2.30. The van der Waals surface area contributed by atoms with E-state index in [1.54, 1.807) is 0 Å². The molecule has 1 heterocycles. The van der Waals surface area contributed by atoms with Gasteiger partial charge in [0.2, 0.25) is 5.91 Å². The predicted molar refractivity (Wildman–Crippen MR) is 93.3 cm³/mol. The molecule has 1 aliphatic heterocycles. The van der Waals surface area contributed by atoms with Gasteiger partial charge in [0.15, 0.2) is 0 Å². The Morgan fingerprint density at radius 2 is 1.96 bits per heavy atom. The summed E-state index contributed by atoms with van der Waals surface area (Å²) in [6.45, 7) is 5.73. The number of carbonyl (C=O) groups is 1. The molecular formula is C19H22N2O2. The number of benzene rings is 2. The maximum absolute atomic E-state index is 12.2. The SMILES string of the molecule is Cc1cccc(OCCCN2C(=O)CNc3cc(C)ccc32)c1. The number of fused-ring (bicyclic) bond motifs is 1. The maximum atomic E-state index is 12.2. The molecule has 23 heavy (non-hydrogen) atoms. The highest BCUT2D eigenvalue weighted by Gasteiger charge is 2.23. The van der Waals surface area contributed by atoms with E-state index in [-0.39, 0.29) is 5.91 Å². The summed E-state index contributed by atoms with van der Waals surface area (Å²) in [6, 6.07) is 14.1. The lowest BCUT2D eigenvalue weighted by Crippen LogP contribution is -2.40. The van der Waals surface area contributed by atoms with E-state index in [1.807, 2.05) is 48.2 Å². The lowest BCUT2D eigenvalue weighted by atomic mass is 10.1. The van der Waals surface area contributed by atoms with E-state index >= 15 is 0 Å². The Kier molecular flexibility index (Phi) is 4.51. The summed E-state index contributed by atoms with van der Waals surface area (Å²) in [7, 11) is 0. The standard InChI is InChI=1S/C19H22N2O2/c1-14-5-3-6-16(11-14)23-10-4-9-21-18-8-7-15(2)12-17(18)20-13-19(21)22/h3,5-8,11-12,20H,4,9-10,13H2,1-2H3. The van der Waals surface area contributed by atoms with Crippen molar-refractivity contribution in [3.63, 3.8) is 0 Å². The molecule has 2 aromatic rings. The highest BCUT2D eigenvalue weighted by atomic mass is 16.5. The fraction of sp³-hybridized carbons (Fsp3) is 0.316. The number of amides is 1. The van der Waals surface area contributed by atoms with Crippen LogP contribution in [0.3, 0.4) is 0 Å². The Morgan fingerprint density at radius 1 is 1.13 bits per heavy atom. The third kappa shape index (κ3) is 3.65. The van der Waals surface area contributed by atoms with Crippen molar-refractivity contribution in [2.24, 2.45) is 0 Å². The van der Waals surface area contributed by atoms with Crippen LogP contribution in [-0.4, -0.2) is 25.6 Å². The molecule has 0 radical (unpaired) electrons. The number of anilines is 2. The molecule has 3 rings (SSSR count). The smallest absolute Gasteiger partial charge is 0.246 e. The minimum absolute atomic E-state index is 0.108. The van der Waals surface area contributed by atoms with E-state index in [0.29, 0.717) is 19.7 Å². The number of hydrogen-bond donors (Lipinski definition) is 1. The molecule has 0 bridgehead atoms.